The zero-order chi connectivity index (χ0) is 19.8. The van der Waals surface area contributed by atoms with E-state index >= 15 is 0 Å². The minimum atomic E-state index is -3.35. The number of carbonyl (C=O) groups is 1. The monoisotopic (exact) mass is 387 g/mol. The van der Waals surface area contributed by atoms with Gasteiger partial charge in [-0.3, -0.25) is 4.68 Å². The molecule has 0 fully saturated rings. The van der Waals surface area contributed by atoms with E-state index < -0.39 is 28.2 Å². The molecule has 0 radical (unpaired) electrons. The molecule has 0 aliphatic heterocycles. The topological polar surface area (TPSA) is 92.1 Å². The SMILES string of the molecule is Cc1ccc(-c2cn(CC(=O)[O-])nc2-c2ccc(S(C)(=O)=O)cc2)cc1F. The van der Waals surface area contributed by atoms with Gasteiger partial charge in [0.15, 0.2) is 9.84 Å². The number of aromatic nitrogens is 2. The largest absolute Gasteiger partial charge is 0.548 e. The second kappa shape index (κ2) is 6.96. The lowest BCUT2D eigenvalue weighted by Gasteiger charge is -2.05. The van der Waals surface area contributed by atoms with E-state index in [1.165, 1.54) is 29.1 Å². The van der Waals surface area contributed by atoms with Gasteiger partial charge < -0.3 is 9.90 Å². The Morgan fingerprint density at radius 3 is 2.33 bits per heavy atom. The highest BCUT2D eigenvalue weighted by molar-refractivity contribution is 7.90. The van der Waals surface area contributed by atoms with Gasteiger partial charge in [-0.05, 0) is 36.2 Å². The number of benzene rings is 2. The number of hydrogen-bond acceptors (Lipinski definition) is 5. The average molecular weight is 387 g/mol. The van der Waals surface area contributed by atoms with Crippen LogP contribution >= 0.6 is 0 Å². The molecular formula is C19H16FN2O4S-. The second-order valence-electron chi connectivity index (χ2n) is 6.22. The summed E-state index contributed by atoms with van der Waals surface area (Å²) < 4.78 is 38.5. The van der Waals surface area contributed by atoms with E-state index in [4.69, 9.17) is 0 Å². The number of nitrogens with zero attached hydrogens (tertiary/aromatic N) is 2. The van der Waals surface area contributed by atoms with Gasteiger partial charge in [-0.15, -0.1) is 0 Å². The zero-order valence-electron chi connectivity index (χ0n) is 14.6. The van der Waals surface area contributed by atoms with E-state index in [0.29, 0.717) is 27.9 Å². The lowest BCUT2D eigenvalue weighted by Crippen LogP contribution is -2.27. The molecule has 0 N–H and O–H groups in total. The highest BCUT2D eigenvalue weighted by atomic mass is 32.2. The van der Waals surface area contributed by atoms with Crippen LogP contribution in [-0.4, -0.2) is 30.4 Å². The van der Waals surface area contributed by atoms with Crippen molar-refractivity contribution in [2.45, 2.75) is 18.4 Å². The highest BCUT2D eigenvalue weighted by Crippen LogP contribution is 2.32. The molecule has 0 amide bonds. The maximum atomic E-state index is 14.0. The predicted octanol–water partition coefficient (Wildman–Crippen LogP) is 1.82. The van der Waals surface area contributed by atoms with Crippen LogP contribution in [-0.2, 0) is 21.2 Å². The Bertz CT molecular complexity index is 1120. The molecule has 3 aromatic rings. The van der Waals surface area contributed by atoms with Crippen molar-refractivity contribution < 1.29 is 22.7 Å². The number of rotatable bonds is 5. The first-order chi connectivity index (χ1) is 12.6. The van der Waals surface area contributed by atoms with Crippen molar-refractivity contribution in [3.8, 4) is 22.4 Å². The summed E-state index contributed by atoms with van der Waals surface area (Å²) in [6.45, 7) is 1.19. The second-order valence-corrected chi connectivity index (χ2v) is 8.24. The summed E-state index contributed by atoms with van der Waals surface area (Å²) in [6, 6.07) is 10.7. The van der Waals surface area contributed by atoms with Crippen molar-refractivity contribution in [3.63, 3.8) is 0 Å². The van der Waals surface area contributed by atoms with Gasteiger partial charge in [-0.25, -0.2) is 12.8 Å². The van der Waals surface area contributed by atoms with Crippen molar-refractivity contribution in [2.75, 3.05) is 6.26 Å². The summed E-state index contributed by atoms with van der Waals surface area (Å²) in [7, 11) is -3.35. The third-order valence-corrected chi connectivity index (χ3v) is 5.22. The number of hydrogen-bond donors (Lipinski definition) is 0. The highest BCUT2D eigenvalue weighted by Gasteiger charge is 2.16. The van der Waals surface area contributed by atoms with Crippen LogP contribution < -0.4 is 5.11 Å². The van der Waals surface area contributed by atoms with Gasteiger partial charge in [-0.2, -0.15) is 5.10 Å². The zero-order valence-corrected chi connectivity index (χ0v) is 15.5. The van der Waals surface area contributed by atoms with Gasteiger partial charge in [0, 0.05) is 23.6 Å². The first kappa shape index (κ1) is 18.8. The number of sulfone groups is 1. The molecule has 1 aromatic heterocycles. The van der Waals surface area contributed by atoms with E-state index in [2.05, 4.69) is 5.10 Å². The molecule has 0 saturated heterocycles. The van der Waals surface area contributed by atoms with Gasteiger partial charge >= 0.3 is 0 Å². The molecule has 0 atom stereocenters. The molecule has 1 heterocycles. The Morgan fingerprint density at radius 2 is 1.78 bits per heavy atom. The Hall–Kier alpha value is -3.00. The van der Waals surface area contributed by atoms with E-state index in [-0.39, 0.29) is 4.90 Å². The van der Waals surface area contributed by atoms with Gasteiger partial charge in [0.2, 0.25) is 0 Å². The van der Waals surface area contributed by atoms with Crippen molar-refractivity contribution in [1.82, 2.24) is 9.78 Å². The quantitative estimate of drug-likeness (QED) is 0.666. The number of halogens is 1. The normalized spacial score (nSPS) is 11.5. The molecular weight excluding hydrogens is 371 g/mol. The van der Waals surface area contributed by atoms with Crippen LogP contribution in [0.2, 0.25) is 0 Å². The smallest absolute Gasteiger partial charge is 0.175 e. The van der Waals surface area contributed by atoms with Gasteiger partial charge in [0.25, 0.3) is 0 Å². The molecule has 8 heteroatoms. The van der Waals surface area contributed by atoms with Gasteiger partial charge in [-0.1, -0.05) is 24.3 Å². The summed E-state index contributed by atoms with van der Waals surface area (Å²) in [5.74, 6) is -1.70. The van der Waals surface area contributed by atoms with E-state index in [9.17, 15) is 22.7 Å². The van der Waals surface area contributed by atoms with Crippen LogP contribution in [0.15, 0.2) is 53.6 Å². The molecule has 27 heavy (non-hydrogen) atoms. The lowest BCUT2D eigenvalue weighted by molar-refractivity contribution is -0.306. The number of aryl methyl sites for hydroxylation is 1. The molecule has 0 spiro atoms. The molecule has 0 unspecified atom stereocenters. The Balaban J connectivity index is 2.14. The predicted molar refractivity (Wildman–Crippen MR) is 95.9 cm³/mol. The first-order valence-corrected chi connectivity index (χ1v) is 9.88. The molecule has 0 bridgehead atoms. The lowest BCUT2D eigenvalue weighted by atomic mass is 10.0. The van der Waals surface area contributed by atoms with E-state index in [0.717, 1.165) is 6.26 Å². The summed E-state index contributed by atoms with van der Waals surface area (Å²) in [6.07, 6.45) is 2.61. The minimum Gasteiger partial charge on any atom is -0.548 e. The standard InChI is InChI=1S/C19H17FN2O4S/c1-12-3-4-14(9-17(12)20)16-10-22(11-18(23)24)21-19(16)13-5-7-15(8-6-13)27(2,25)26/h3-10H,11H2,1-2H3,(H,23,24)/p-1. The first-order valence-electron chi connectivity index (χ1n) is 7.99. The van der Waals surface area contributed by atoms with Gasteiger partial charge in [0.05, 0.1) is 17.4 Å². The van der Waals surface area contributed by atoms with Crippen molar-refractivity contribution in [3.05, 3.63) is 60.0 Å². The molecule has 0 aliphatic carbocycles. The minimum absolute atomic E-state index is 0.156. The average Bonchev–Trinajstić information content (AvgIpc) is 2.99. The summed E-state index contributed by atoms with van der Waals surface area (Å²) in [4.78, 5) is 11.1. The van der Waals surface area contributed by atoms with Crippen LogP contribution in [0.5, 0.6) is 0 Å². The molecule has 140 valence electrons. The Morgan fingerprint density at radius 1 is 1.15 bits per heavy atom. The van der Waals surface area contributed by atoms with Crippen LogP contribution in [0.3, 0.4) is 0 Å². The Kier molecular flexibility index (Phi) is 4.84. The number of carboxylic acids is 1. The molecule has 0 aliphatic rings. The fourth-order valence-electron chi connectivity index (χ4n) is 2.68. The summed E-state index contributed by atoms with van der Waals surface area (Å²) >= 11 is 0. The Labute approximate surface area is 155 Å². The number of carbonyl (C=O) groups excluding carboxylic acids is 1. The number of aliphatic carboxylic acids is 1. The van der Waals surface area contributed by atoms with Crippen LogP contribution in [0.4, 0.5) is 4.39 Å². The fraction of sp³-hybridized carbons (Fsp3) is 0.158. The third kappa shape index (κ3) is 4.06. The third-order valence-electron chi connectivity index (χ3n) is 4.09. The van der Waals surface area contributed by atoms with E-state index in [1.807, 2.05) is 0 Å². The van der Waals surface area contributed by atoms with E-state index in [1.54, 1.807) is 31.2 Å². The maximum absolute atomic E-state index is 14.0. The van der Waals surface area contributed by atoms with Crippen molar-refractivity contribution >= 4 is 15.8 Å². The summed E-state index contributed by atoms with van der Waals surface area (Å²) in [5.41, 5.74) is 2.54. The molecule has 3 rings (SSSR count). The molecule has 0 saturated carbocycles. The van der Waals surface area contributed by atoms with Crippen molar-refractivity contribution in [2.24, 2.45) is 0 Å². The fourth-order valence-corrected chi connectivity index (χ4v) is 3.31. The molecule has 6 nitrogen and oxygen atoms in total. The molecule has 2 aromatic carbocycles. The van der Waals surface area contributed by atoms with Crippen LogP contribution in [0.1, 0.15) is 5.56 Å². The number of carboxylic acid groups (broad SMARTS) is 1. The summed E-state index contributed by atoms with van der Waals surface area (Å²) in [5, 5.41) is 15.2. The van der Waals surface area contributed by atoms with Crippen LogP contribution in [0.25, 0.3) is 22.4 Å². The van der Waals surface area contributed by atoms with Crippen LogP contribution in [0, 0.1) is 12.7 Å². The maximum Gasteiger partial charge on any atom is 0.175 e. The van der Waals surface area contributed by atoms with Crippen molar-refractivity contribution in [1.29, 1.82) is 0 Å². The van der Waals surface area contributed by atoms with Gasteiger partial charge in [0.1, 0.15) is 11.5 Å².